The first-order valence-corrected chi connectivity index (χ1v) is 5.67. The van der Waals surface area contributed by atoms with E-state index in [-0.39, 0.29) is 12.3 Å². The monoisotopic (exact) mass is 237 g/mol. The normalized spacial score (nSPS) is 15.4. The fraction of sp³-hybridized carbons (Fsp3) is 0.545. The summed E-state index contributed by atoms with van der Waals surface area (Å²) in [5.74, 6) is -0.449. The summed E-state index contributed by atoms with van der Waals surface area (Å²) >= 11 is 0. The Morgan fingerprint density at radius 2 is 2.18 bits per heavy atom. The lowest BCUT2D eigenvalue weighted by Crippen LogP contribution is -2.42. The molecule has 0 radical (unpaired) electrons. The number of nitrogens with zero attached hydrogens (tertiary/aromatic N) is 3. The standard InChI is InChI=1S/C11H15N3O3/c15-7-6-14(8-2-1-3-8)10-5-4-9(11(16)17)12-13-10/h4-5,8,15H,1-3,6-7H2,(H,16,17). The molecule has 1 aliphatic carbocycles. The lowest BCUT2D eigenvalue weighted by atomic mass is 9.91. The van der Waals surface area contributed by atoms with Crippen LogP contribution in [0, 0.1) is 0 Å². The van der Waals surface area contributed by atoms with Crippen LogP contribution in [0.25, 0.3) is 0 Å². The second kappa shape index (κ2) is 5.09. The third kappa shape index (κ3) is 2.52. The van der Waals surface area contributed by atoms with Crippen molar-refractivity contribution in [2.45, 2.75) is 25.3 Å². The summed E-state index contributed by atoms with van der Waals surface area (Å²) in [6.45, 7) is 0.560. The van der Waals surface area contributed by atoms with Crippen LogP contribution in [-0.4, -0.2) is 45.6 Å². The average Bonchev–Trinajstić information content (AvgIpc) is 2.26. The Morgan fingerprint density at radius 3 is 2.59 bits per heavy atom. The van der Waals surface area contributed by atoms with Gasteiger partial charge in [-0.05, 0) is 31.4 Å². The maximum Gasteiger partial charge on any atom is 0.356 e. The highest BCUT2D eigenvalue weighted by molar-refractivity contribution is 5.85. The summed E-state index contributed by atoms with van der Waals surface area (Å²) in [5.41, 5.74) is -0.0636. The summed E-state index contributed by atoms with van der Waals surface area (Å²) in [4.78, 5) is 12.6. The smallest absolute Gasteiger partial charge is 0.356 e. The van der Waals surface area contributed by atoms with Gasteiger partial charge in [-0.25, -0.2) is 4.79 Å². The third-order valence-electron chi connectivity index (χ3n) is 3.02. The van der Waals surface area contributed by atoms with Crippen molar-refractivity contribution >= 4 is 11.8 Å². The number of carboxylic acids is 1. The molecule has 1 heterocycles. The predicted molar refractivity (Wildman–Crippen MR) is 61.1 cm³/mol. The van der Waals surface area contributed by atoms with Gasteiger partial charge in [0.05, 0.1) is 6.61 Å². The fourth-order valence-corrected chi connectivity index (χ4v) is 1.88. The number of aromatic carboxylic acids is 1. The summed E-state index contributed by atoms with van der Waals surface area (Å²) in [5, 5.41) is 25.3. The summed E-state index contributed by atoms with van der Waals surface area (Å²) < 4.78 is 0. The highest BCUT2D eigenvalue weighted by Crippen LogP contribution is 2.27. The Kier molecular flexibility index (Phi) is 3.53. The molecule has 0 aromatic carbocycles. The van der Waals surface area contributed by atoms with Gasteiger partial charge in [0.25, 0.3) is 0 Å². The second-order valence-corrected chi connectivity index (χ2v) is 4.08. The molecule has 0 saturated heterocycles. The minimum atomic E-state index is -1.08. The van der Waals surface area contributed by atoms with Crippen LogP contribution < -0.4 is 4.90 Å². The van der Waals surface area contributed by atoms with Gasteiger partial charge < -0.3 is 15.1 Å². The Hall–Kier alpha value is -1.69. The van der Waals surface area contributed by atoms with Crippen molar-refractivity contribution in [3.8, 4) is 0 Å². The minimum absolute atomic E-state index is 0.0544. The number of anilines is 1. The molecule has 17 heavy (non-hydrogen) atoms. The van der Waals surface area contributed by atoms with E-state index in [9.17, 15) is 4.79 Å². The first-order chi connectivity index (χ1) is 8.22. The van der Waals surface area contributed by atoms with Gasteiger partial charge >= 0.3 is 5.97 Å². The van der Waals surface area contributed by atoms with Crippen molar-refractivity contribution in [2.24, 2.45) is 0 Å². The Morgan fingerprint density at radius 1 is 1.41 bits per heavy atom. The van der Waals surface area contributed by atoms with E-state index in [2.05, 4.69) is 10.2 Å². The number of carboxylic acid groups (broad SMARTS) is 1. The zero-order valence-corrected chi connectivity index (χ0v) is 9.41. The van der Waals surface area contributed by atoms with Crippen molar-refractivity contribution in [1.82, 2.24) is 10.2 Å². The van der Waals surface area contributed by atoms with Crippen molar-refractivity contribution < 1.29 is 15.0 Å². The topological polar surface area (TPSA) is 86.5 Å². The third-order valence-corrected chi connectivity index (χ3v) is 3.02. The molecule has 1 aliphatic rings. The van der Waals surface area contributed by atoms with E-state index < -0.39 is 5.97 Å². The maximum atomic E-state index is 10.7. The van der Waals surface area contributed by atoms with Gasteiger partial charge in [0.15, 0.2) is 11.5 Å². The lowest BCUT2D eigenvalue weighted by Gasteiger charge is -2.37. The molecule has 0 amide bonds. The summed E-state index contributed by atoms with van der Waals surface area (Å²) in [7, 11) is 0. The van der Waals surface area contributed by atoms with E-state index in [0.717, 1.165) is 12.8 Å². The molecule has 0 unspecified atom stereocenters. The molecule has 1 fully saturated rings. The zero-order valence-electron chi connectivity index (χ0n) is 9.41. The number of hydrogen-bond acceptors (Lipinski definition) is 5. The van der Waals surface area contributed by atoms with E-state index in [1.807, 2.05) is 4.90 Å². The lowest BCUT2D eigenvalue weighted by molar-refractivity contribution is 0.0689. The zero-order chi connectivity index (χ0) is 12.3. The van der Waals surface area contributed by atoms with Gasteiger partial charge in [-0.3, -0.25) is 0 Å². The van der Waals surface area contributed by atoms with Crippen molar-refractivity contribution in [2.75, 3.05) is 18.1 Å². The fourth-order valence-electron chi connectivity index (χ4n) is 1.88. The first kappa shape index (κ1) is 11.8. The van der Waals surface area contributed by atoms with Crippen LogP contribution in [0.1, 0.15) is 29.8 Å². The van der Waals surface area contributed by atoms with Crippen LogP contribution in [0.4, 0.5) is 5.82 Å². The van der Waals surface area contributed by atoms with Gasteiger partial charge in [0.1, 0.15) is 0 Å². The Labute approximate surface area is 98.9 Å². The highest BCUT2D eigenvalue weighted by atomic mass is 16.4. The largest absolute Gasteiger partial charge is 0.476 e. The van der Waals surface area contributed by atoms with E-state index in [1.54, 1.807) is 6.07 Å². The molecule has 0 spiro atoms. The number of aliphatic hydroxyl groups is 1. The number of aromatic nitrogens is 2. The molecule has 0 bridgehead atoms. The predicted octanol–water partition coefficient (Wildman–Crippen LogP) is 0.526. The SMILES string of the molecule is O=C(O)c1ccc(N(CCO)C2CCC2)nn1. The van der Waals surface area contributed by atoms with Crippen LogP contribution in [-0.2, 0) is 0 Å². The molecule has 2 rings (SSSR count). The molecule has 0 aliphatic heterocycles. The summed E-state index contributed by atoms with van der Waals surface area (Å²) in [6, 6.07) is 3.48. The van der Waals surface area contributed by atoms with Gasteiger partial charge in [0.2, 0.25) is 0 Å². The molecular weight excluding hydrogens is 222 g/mol. The van der Waals surface area contributed by atoms with Crippen LogP contribution in [0.2, 0.25) is 0 Å². The quantitative estimate of drug-likeness (QED) is 0.776. The number of aliphatic hydroxyl groups excluding tert-OH is 1. The van der Waals surface area contributed by atoms with Crippen molar-refractivity contribution in [1.29, 1.82) is 0 Å². The molecule has 1 aromatic rings. The van der Waals surface area contributed by atoms with Crippen LogP contribution in [0.15, 0.2) is 12.1 Å². The van der Waals surface area contributed by atoms with Gasteiger partial charge in [-0.15, -0.1) is 10.2 Å². The van der Waals surface area contributed by atoms with Crippen LogP contribution in [0.3, 0.4) is 0 Å². The van der Waals surface area contributed by atoms with Crippen molar-refractivity contribution in [3.05, 3.63) is 17.8 Å². The Balaban J connectivity index is 2.14. The van der Waals surface area contributed by atoms with Gasteiger partial charge in [-0.1, -0.05) is 0 Å². The molecule has 2 N–H and O–H groups in total. The highest BCUT2D eigenvalue weighted by Gasteiger charge is 2.25. The van der Waals surface area contributed by atoms with Crippen molar-refractivity contribution in [3.63, 3.8) is 0 Å². The van der Waals surface area contributed by atoms with E-state index >= 15 is 0 Å². The number of carbonyl (C=O) groups is 1. The Bertz CT molecular complexity index is 389. The maximum absolute atomic E-state index is 10.7. The number of hydrogen-bond donors (Lipinski definition) is 2. The van der Waals surface area contributed by atoms with Crippen LogP contribution in [0.5, 0.6) is 0 Å². The summed E-state index contributed by atoms with van der Waals surface area (Å²) in [6.07, 6.45) is 3.36. The van der Waals surface area contributed by atoms with E-state index in [0.29, 0.717) is 18.4 Å². The van der Waals surface area contributed by atoms with Crippen LogP contribution >= 0.6 is 0 Å². The molecule has 1 saturated carbocycles. The van der Waals surface area contributed by atoms with E-state index in [4.69, 9.17) is 10.2 Å². The van der Waals surface area contributed by atoms with E-state index in [1.165, 1.54) is 12.5 Å². The minimum Gasteiger partial charge on any atom is -0.476 e. The second-order valence-electron chi connectivity index (χ2n) is 4.08. The first-order valence-electron chi connectivity index (χ1n) is 5.67. The molecule has 1 aromatic heterocycles. The molecule has 6 nitrogen and oxygen atoms in total. The molecule has 0 atom stereocenters. The van der Waals surface area contributed by atoms with Gasteiger partial charge in [-0.2, -0.15) is 0 Å². The molecule has 6 heteroatoms. The molecular formula is C11H15N3O3. The average molecular weight is 237 g/mol. The number of rotatable bonds is 5. The molecule has 92 valence electrons. The van der Waals surface area contributed by atoms with Gasteiger partial charge in [0, 0.05) is 12.6 Å².